The van der Waals surface area contributed by atoms with E-state index in [9.17, 15) is 31.1 Å². The second kappa shape index (κ2) is 6.54. The van der Waals surface area contributed by atoms with Crippen LogP contribution in [0.4, 0.5) is 26.3 Å². The molecule has 0 saturated heterocycles. The highest BCUT2D eigenvalue weighted by molar-refractivity contribution is 6.17. The average molecular weight is 407 g/mol. The Bertz CT molecular complexity index is 1300. The molecule has 147 valence electrons. The zero-order valence-corrected chi connectivity index (χ0v) is 14.3. The number of nitrogens with zero attached hydrogens (tertiary/aromatic N) is 1. The topological polar surface area (TPSA) is 48.0 Å². The van der Waals surface area contributed by atoms with Gasteiger partial charge in [0.25, 0.3) is 0 Å². The predicted molar refractivity (Wildman–Crippen MR) is 92.1 cm³/mol. The third-order valence-electron chi connectivity index (χ3n) is 4.64. The van der Waals surface area contributed by atoms with Gasteiger partial charge in [0.05, 0.1) is 17.6 Å². The lowest BCUT2D eigenvalue weighted by atomic mass is 10.1. The molecule has 0 unspecified atom stereocenters. The number of aromatic nitrogens is 1. The SMILES string of the molecule is NC(=O)c1cccc2c1c1[c]c(F)ccc1n2Cc1c(F)c(F)c(F)c(F)c1F. The molecule has 0 bridgehead atoms. The second-order valence-electron chi connectivity index (χ2n) is 6.27. The zero-order chi connectivity index (χ0) is 21.0. The molecule has 0 aliphatic heterocycles. The summed E-state index contributed by atoms with van der Waals surface area (Å²) >= 11 is 0. The van der Waals surface area contributed by atoms with Crippen molar-refractivity contribution >= 4 is 27.7 Å². The first-order valence-corrected chi connectivity index (χ1v) is 8.15. The molecule has 0 aliphatic carbocycles. The standard InChI is InChI=1S/C20H9F6N2O/c21-8-4-5-12-10(6-8)14-9(20(27)29)2-1-3-13(14)28(12)7-11-15(22)17(24)19(26)18(25)16(11)23/h1-5H,7H2,(H2,27,29). The first kappa shape index (κ1) is 18.9. The van der Waals surface area contributed by atoms with Crippen LogP contribution in [0.3, 0.4) is 0 Å². The Labute approximate surface area is 158 Å². The fourth-order valence-electron chi connectivity index (χ4n) is 3.36. The van der Waals surface area contributed by atoms with E-state index in [1.807, 2.05) is 0 Å². The lowest BCUT2D eigenvalue weighted by Gasteiger charge is -2.12. The lowest BCUT2D eigenvalue weighted by Crippen LogP contribution is -2.12. The third kappa shape index (κ3) is 2.72. The minimum atomic E-state index is -2.27. The van der Waals surface area contributed by atoms with Crippen molar-refractivity contribution in [3.63, 3.8) is 0 Å². The van der Waals surface area contributed by atoms with E-state index in [0.717, 1.165) is 6.07 Å². The van der Waals surface area contributed by atoms with E-state index in [1.165, 1.54) is 28.8 Å². The van der Waals surface area contributed by atoms with Crippen molar-refractivity contribution in [1.82, 2.24) is 4.57 Å². The van der Waals surface area contributed by atoms with Gasteiger partial charge in [0.2, 0.25) is 11.7 Å². The smallest absolute Gasteiger partial charge is 0.249 e. The number of carbonyl (C=O) groups is 1. The van der Waals surface area contributed by atoms with Crippen LogP contribution in [0.1, 0.15) is 15.9 Å². The summed E-state index contributed by atoms with van der Waals surface area (Å²) in [6, 6.07) is 8.90. The Kier molecular flexibility index (Phi) is 4.25. The van der Waals surface area contributed by atoms with E-state index in [2.05, 4.69) is 6.07 Å². The van der Waals surface area contributed by atoms with Crippen LogP contribution in [-0.2, 0) is 6.54 Å². The molecule has 9 heteroatoms. The fourth-order valence-corrected chi connectivity index (χ4v) is 3.36. The number of hydrogen-bond donors (Lipinski definition) is 1. The van der Waals surface area contributed by atoms with Crippen LogP contribution in [0.2, 0.25) is 0 Å². The van der Waals surface area contributed by atoms with E-state index in [-0.39, 0.29) is 27.4 Å². The number of fused-ring (bicyclic) bond motifs is 3. The molecule has 0 fully saturated rings. The van der Waals surface area contributed by atoms with Crippen LogP contribution in [0.25, 0.3) is 21.8 Å². The number of nitrogens with two attached hydrogens (primary N) is 1. The third-order valence-corrected chi connectivity index (χ3v) is 4.64. The van der Waals surface area contributed by atoms with Crippen LogP contribution >= 0.6 is 0 Å². The number of primary amides is 1. The van der Waals surface area contributed by atoms with Gasteiger partial charge in [-0.15, -0.1) is 0 Å². The van der Waals surface area contributed by atoms with Gasteiger partial charge in [-0.25, -0.2) is 26.3 Å². The summed E-state index contributed by atoms with van der Waals surface area (Å²) in [5, 5.41) is 0.233. The molecule has 3 aromatic carbocycles. The molecule has 3 nitrogen and oxygen atoms in total. The molecule has 29 heavy (non-hydrogen) atoms. The molecule has 1 radical (unpaired) electrons. The highest BCUT2D eigenvalue weighted by atomic mass is 19.2. The molecular weight excluding hydrogens is 398 g/mol. The van der Waals surface area contributed by atoms with Gasteiger partial charge in [0.1, 0.15) is 5.82 Å². The molecule has 4 rings (SSSR count). The lowest BCUT2D eigenvalue weighted by molar-refractivity contribution is 0.100. The average Bonchev–Trinajstić information content (AvgIpc) is 3.01. The number of rotatable bonds is 3. The summed E-state index contributed by atoms with van der Waals surface area (Å²) in [5.74, 6) is -12.0. The maximum Gasteiger partial charge on any atom is 0.249 e. The molecule has 1 heterocycles. The van der Waals surface area contributed by atoms with E-state index in [1.54, 1.807) is 0 Å². The van der Waals surface area contributed by atoms with Crippen molar-refractivity contribution in [1.29, 1.82) is 0 Å². The number of benzene rings is 3. The van der Waals surface area contributed by atoms with Crippen LogP contribution in [0.15, 0.2) is 30.3 Å². The van der Waals surface area contributed by atoms with Gasteiger partial charge in [0, 0.05) is 28.0 Å². The van der Waals surface area contributed by atoms with Gasteiger partial charge in [-0.2, -0.15) is 0 Å². The van der Waals surface area contributed by atoms with Crippen molar-refractivity contribution in [2.24, 2.45) is 5.73 Å². The van der Waals surface area contributed by atoms with Crippen molar-refractivity contribution in [3.05, 3.63) is 82.4 Å². The Morgan fingerprint density at radius 3 is 2.10 bits per heavy atom. The summed E-state index contributed by atoms with van der Waals surface area (Å²) < 4.78 is 83.9. The molecule has 0 aliphatic rings. The summed E-state index contributed by atoms with van der Waals surface area (Å²) in [6.07, 6.45) is 0. The van der Waals surface area contributed by atoms with E-state index < -0.39 is 52.9 Å². The largest absolute Gasteiger partial charge is 0.366 e. The highest BCUT2D eigenvalue weighted by Gasteiger charge is 2.27. The minimum Gasteiger partial charge on any atom is -0.366 e. The van der Waals surface area contributed by atoms with Gasteiger partial charge in [-0.05, 0) is 24.3 Å². The van der Waals surface area contributed by atoms with Crippen LogP contribution in [0.5, 0.6) is 0 Å². The van der Waals surface area contributed by atoms with Gasteiger partial charge < -0.3 is 10.3 Å². The molecule has 1 aromatic heterocycles. The van der Waals surface area contributed by atoms with Gasteiger partial charge in [-0.3, -0.25) is 4.79 Å². The van der Waals surface area contributed by atoms with Crippen LogP contribution in [0, 0.1) is 41.0 Å². The first-order chi connectivity index (χ1) is 13.7. The van der Waals surface area contributed by atoms with Crippen LogP contribution in [-0.4, -0.2) is 10.5 Å². The Morgan fingerprint density at radius 1 is 0.862 bits per heavy atom. The van der Waals surface area contributed by atoms with Crippen molar-refractivity contribution in [2.75, 3.05) is 0 Å². The van der Waals surface area contributed by atoms with Gasteiger partial charge in [0.15, 0.2) is 23.3 Å². The zero-order valence-electron chi connectivity index (χ0n) is 14.3. The number of halogens is 6. The first-order valence-electron chi connectivity index (χ1n) is 8.15. The van der Waals surface area contributed by atoms with Crippen molar-refractivity contribution in [2.45, 2.75) is 6.54 Å². The monoisotopic (exact) mass is 407 g/mol. The van der Waals surface area contributed by atoms with Crippen LogP contribution < -0.4 is 5.73 Å². The second-order valence-corrected chi connectivity index (χ2v) is 6.27. The molecule has 0 atom stereocenters. The predicted octanol–water partition coefficient (Wildman–Crippen LogP) is 4.58. The summed E-state index contributed by atoms with van der Waals surface area (Å²) in [6.45, 7) is -0.770. The van der Waals surface area contributed by atoms with Gasteiger partial charge >= 0.3 is 0 Å². The Hall–Kier alpha value is -3.49. The summed E-state index contributed by atoms with van der Waals surface area (Å²) in [7, 11) is 0. The highest BCUT2D eigenvalue weighted by Crippen LogP contribution is 2.34. The number of carbonyl (C=O) groups excluding carboxylic acids is 1. The summed E-state index contributed by atoms with van der Waals surface area (Å²) in [4.78, 5) is 11.8. The quantitative estimate of drug-likeness (QED) is 0.302. The van der Waals surface area contributed by atoms with Gasteiger partial charge in [-0.1, -0.05) is 6.07 Å². The van der Waals surface area contributed by atoms with E-state index >= 15 is 0 Å². The maximum atomic E-state index is 14.2. The minimum absolute atomic E-state index is 0.00879. The number of hydrogen-bond acceptors (Lipinski definition) is 1. The Morgan fingerprint density at radius 2 is 1.48 bits per heavy atom. The Balaban J connectivity index is 2.08. The fraction of sp³-hybridized carbons (Fsp3) is 0.0500. The molecule has 0 saturated carbocycles. The molecule has 0 spiro atoms. The molecule has 2 N–H and O–H groups in total. The van der Waals surface area contributed by atoms with E-state index in [0.29, 0.717) is 0 Å². The van der Waals surface area contributed by atoms with Crippen molar-refractivity contribution < 1.29 is 31.1 Å². The normalized spacial score (nSPS) is 11.5. The molecule has 1 amide bonds. The molecular formula is C20H9F6N2O. The number of amides is 1. The summed E-state index contributed by atoms with van der Waals surface area (Å²) in [5.41, 5.74) is 4.62. The molecule has 4 aromatic rings. The van der Waals surface area contributed by atoms with E-state index in [4.69, 9.17) is 5.73 Å². The van der Waals surface area contributed by atoms with Crippen molar-refractivity contribution in [3.8, 4) is 0 Å². The maximum absolute atomic E-state index is 14.2.